The van der Waals surface area contributed by atoms with Gasteiger partial charge in [-0.05, 0) is 12.8 Å². The van der Waals surface area contributed by atoms with Gasteiger partial charge in [0.05, 0.1) is 26.4 Å². The molecule has 1 aliphatic carbocycles. The molecule has 0 aromatic rings. The first-order valence-corrected chi connectivity index (χ1v) is 15.1. The maximum absolute atomic E-state index is 10.3. The van der Waals surface area contributed by atoms with Gasteiger partial charge in [-0.15, -0.1) is 0 Å². The molecule has 34 heavy (non-hydrogen) atoms. The van der Waals surface area contributed by atoms with Gasteiger partial charge in [-0.1, -0.05) is 141 Å². The van der Waals surface area contributed by atoms with E-state index in [9.17, 15) is 20.4 Å². The molecule has 0 aliphatic heterocycles. The van der Waals surface area contributed by atoms with Gasteiger partial charge in [-0.2, -0.15) is 0 Å². The maximum Gasteiger partial charge on any atom is 0.0516 e. The number of hydrogen-bond donors (Lipinski definition) is 4. The van der Waals surface area contributed by atoms with E-state index >= 15 is 0 Å². The largest absolute Gasteiger partial charge is 0.396 e. The van der Waals surface area contributed by atoms with Crippen LogP contribution in [-0.2, 0) is 0 Å². The molecule has 0 bridgehead atoms. The predicted molar refractivity (Wildman–Crippen MR) is 144 cm³/mol. The van der Waals surface area contributed by atoms with E-state index in [-0.39, 0.29) is 26.4 Å². The van der Waals surface area contributed by atoms with Gasteiger partial charge in [0.25, 0.3) is 0 Å². The molecular formula is C30H60O4. The van der Waals surface area contributed by atoms with E-state index in [0.29, 0.717) is 12.8 Å². The van der Waals surface area contributed by atoms with E-state index in [1.165, 1.54) is 116 Å². The molecule has 4 N–H and O–H groups in total. The standard InChI is InChI=1S/C30H60O4/c31-25-29(26-32)23-21-19-17-15-13-11-9-7-5-3-1-2-4-6-8-10-12-14-16-18-20-22-24-30(29,27-33)28-34/h31-34H,1-28H2. The zero-order chi connectivity index (χ0) is 24.8. The van der Waals surface area contributed by atoms with Gasteiger partial charge in [0.1, 0.15) is 0 Å². The molecule has 1 rings (SSSR count). The fourth-order valence-corrected chi connectivity index (χ4v) is 6.08. The highest BCUT2D eigenvalue weighted by molar-refractivity contribution is 4.97. The van der Waals surface area contributed by atoms with E-state index in [0.717, 1.165) is 25.7 Å². The fraction of sp³-hybridized carbons (Fsp3) is 1.00. The Morgan fingerprint density at radius 3 is 0.559 bits per heavy atom. The Morgan fingerprint density at radius 2 is 0.412 bits per heavy atom. The lowest BCUT2D eigenvalue weighted by molar-refractivity contribution is -0.124. The normalized spacial score (nSPS) is 24.4. The molecule has 0 saturated heterocycles. The van der Waals surface area contributed by atoms with Crippen molar-refractivity contribution < 1.29 is 20.4 Å². The van der Waals surface area contributed by atoms with Crippen molar-refractivity contribution in [2.24, 2.45) is 10.8 Å². The molecule has 0 amide bonds. The lowest BCUT2D eigenvalue weighted by Gasteiger charge is -2.47. The lowest BCUT2D eigenvalue weighted by Crippen LogP contribution is -2.52. The average molecular weight is 485 g/mol. The van der Waals surface area contributed by atoms with Crippen LogP contribution in [-0.4, -0.2) is 46.9 Å². The summed E-state index contributed by atoms with van der Waals surface area (Å²) in [5.74, 6) is 0. The molecule has 0 aromatic carbocycles. The van der Waals surface area contributed by atoms with Crippen molar-refractivity contribution in [3.63, 3.8) is 0 Å². The first-order valence-electron chi connectivity index (χ1n) is 15.1. The summed E-state index contributed by atoms with van der Waals surface area (Å²) in [7, 11) is 0. The Balaban J connectivity index is 2.57. The Morgan fingerprint density at radius 1 is 0.265 bits per heavy atom. The van der Waals surface area contributed by atoms with Crippen molar-refractivity contribution in [3.8, 4) is 0 Å². The molecule has 4 nitrogen and oxygen atoms in total. The van der Waals surface area contributed by atoms with E-state index < -0.39 is 10.8 Å². The fourth-order valence-electron chi connectivity index (χ4n) is 6.08. The quantitative estimate of drug-likeness (QED) is 0.337. The van der Waals surface area contributed by atoms with Crippen LogP contribution in [0.25, 0.3) is 0 Å². The summed E-state index contributed by atoms with van der Waals surface area (Å²) >= 11 is 0. The molecule has 4 heteroatoms. The van der Waals surface area contributed by atoms with Crippen molar-refractivity contribution in [1.29, 1.82) is 0 Å². The minimum atomic E-state index is -0.804. The maximum atomic E-state index is 10.3. The van der Waals surface area contributed by atoms with Crippen molar-refractivity contribution >= 4 is 0 Å². The van der Waals surface area contributed by atoms with Crippen LogP contribution in [0.1, 0.15) is 154 Å². The molecule has 0 spiro atoms. The summed E-state index contributed by atoms with van der Waals surface area (Å²) in [4.78, 5) is 0. The summed E-state index contributed by atoms with van der Waals surface area (Å²) in [6.07, 6.45) is 29.6. The highest BCUT2D eigenvalue weighted by Gasteiger charge is 2.49. The third-order valence-electron chi connectivity index (χ3n) is 8.90. The molecule has 1 fully saturated rings. The zero-order valence-corrected chi connectivity index (χ0v) is 22.6. The molecule has 0 radical (unpaired) electrons. The van der Waals surface area contributed by atoms with E-state index in [2.05, 4.69) is 0 Å². The summed E-state index contributed by atoms with van der Waals surface area (Å²) in [5.41, 5.74) is -1.61. The second-order valence-corrected chi connectivity index (χ2v) is 11.5. The van der Waals surface area contributed by atoms with Crippen LogP contribution >= 0.6 is 0 Å². The van der Waals surface area contributed by atoms with Crippen molar-refractivity contribution in [3.05, 3.63) is 0 Å². The number of rotatable bonds is 4. The van der Waals surface area contributed by atoms with Gasteiger partial charge >= 0.3 is 0 Å². The van der Waals surface area contributed by atoms with E-state index in [4.69, 9.17) is 0 Å². The predicted octanol–water partition coefficient (Wildman–Crippen LogP) is 7.30. The summed E-state index contributed by atoms with van der Waals surface area (Å²) in [6.45, 7) is -0.704. The van der Waals surface area contributed by atoms with Gasteiger partial charge in [-0.25, -0.2) is 0 Å². The Labute approximate surface area is 211 Å². The van der Waals surface area contributed by atoms with Gasteiger partial charge in [0, 0.05) is 10.8 Å². The molecule has 1 aliphatic rings. The summed E-state index contributed by atoms with van der Waals surface area (Å²) < 4.78 is 0. The molecule has 1 saturated carbocycles. The van der Waals surface area contributed by atoms with Crippen molar-refractivity contribution in [2.75, 3.05) is 26.4 Å². The monoisotopic (exact) mass is 484 g/mol. The second-order valence-electron chi connectivity index (χ2n) is 11.5. The first kappa shape index (κ1) is 31.9. The van der Waals surface area contributed by atoms with Crippen LogP contribution in [0.2, 0.25) is 0 Å². The third kappa shape index (κ3) is 12.2. The van der Waals surface area contributed by atoms with Crippen LogP contribution in [0.5, 0.6) is 0 Å². The van der Waals surface area contributed by atoms with Crippen LogP contribution in [0.3, 0.4) is 0 Å². The topological polar surface area (TPSA) is 80.9 Å². The number of hydrogen-bond acceptors (Lipinski definition) is 4. The van der Waals surface area contributed by atoms with Gasteiger partial charge in [0.15, 0.2) is 0 Å². The van der Waals surface area contributed by atoms with Gasteiger partial charge in [0.2, 0.25) is 0 Å². The SMILES string of the molecule is OCC1(CO)CCCCCCCCCCCCCCCCCCCCCCCCC1(CO)CO. The zero-order valence-electron chi connectivity index (χ0n) is 22.6. The summed E-state index contributed by atoms with van der Waals surface area (Å²) in [6, 6.07) is 0. The van der Waals surface area contributed by atoms with Gasteiger partial charge < -0.3 is 20.4 Å². The average Bonchev–Trinajstić information content (AvgIpc) is 2.87. The third-order valence-corrected chi connectivity index (χ3v) is 8.90. The van der Waals surface area contributed by atoms with E-state index in [1.54, 1.807) is 0 Å². The molecule has 204 valence electrons. The Kier molecular flexibility index (Phi) is 19.7. The molecule has 0 heterocycles. The Hall–Kier alpha value is -0.160. The minimum absolute atomic E-state index is 0.176. The highest BCUT2D eigenvalue weighted by Crippen LogP contribution is 2.46. The molecule has 0 aromatic heterocycles. The first-order chi connectivity index (χ1) is 16.7. The molecule has 0 atom stereocenters. The Bertz CT molecular complexity index is 392. The van der Waals surface area contributed by atoms with Crippen LogP contribution in [0.4, 0.5) is 0 Å². The van der Waals surface area contributed by atoms with Crippen LogP contribution in [0.15, 0.2) is 0 Å². The van der Waals surface area contributed by atoms with Crippen LogP contribution in [0, 0.1) is 10.8 Å². The highest BCUT2D eigenvalue weighted by atomic mass is 16.3. The van der Waals surface area contributed by atoms with Crippen molar-refractivity contribution in [2.45, 2.75) is 154 Å². The van der Waals surface area contributed by atoms with Crippen LogP contribution < -0.4 is 0 Å². The smallest absolute Gasteiger partial charge is 0.0516 e. The van der Waals surface area contributed by atoms with E-state index in [1.807, 2.05) is 0 Å². The molecule has 0 unspecified atom stereocenters. The number of aliphatic hydroxyl groups excluding tert-OH is 4. The van der Waals surface area contributed by atoms with Gasteiger partial charge in [-0.3, -0.25) is 0 Å². The molecular weight excluding hydrogens is 424 g/mol. The minimum Gasteiger partial charge on any atom is -0.396 e. The van der Waals surface area contributed by atoms with Crippen molar-refractivity contribution in [1.82, 2.24) is 0 Å². The lowest BCUT2D eigenvalue weighted by atomic mass is 9.60. The summed E-state index contributed by atoms with van der Waals surface area (Å²) in [5, 5.41) is 41.2. The second kappa shape index (κ2) is 21.0. The number of aliphatic hydroxyl groups is 4.